The number of nitrogens with one attached hydrogen (secondary N) is 1. The molecule has 0 saturated heterocycles. The Morgan fingerprint density at radius 2 is 1.77 bits per heavy atom. The van der Waals surface area contributed by atoms with Crippen molar-refractivity contribution in [1.29, 1.82) is 0 Å². The number of hydrogen-bond acceptors (Lipinski definition) is 4. The summed E-state index contributed by atoms with van der Waals surface area (Å²) in [6.07, 6.45) is 7.94. The maximum atomic E-state index is 12.3. The van der Waals surface area contributed by atoms with Crippen LogP contribution in [0.15, 0.2) is 29.6 Å². The Kier molecular flexibility index (Phi) is 10.7. The second-order valence-electron chi connectivity index (χ2n) is 7.97. The first-order valence-corrected chi connectivity index (χ1v) is 12.2. The molecule has 1 amide bonds. The average Bonchev–Trinajstić information content (AvgIpc) is 3.42. The maximum Gasteiger partial charge on any atom is 0.339 e. The minimum absolute atomic E-state index is 0.266. The summed E-state index contributed by atoms with van der Waals surface area (Å²) in [5.41, 5.74) is 2.75. The number of benzene rings is 1. The molecule has 2 aromatic rings. The molecule has 1 aromatic heterocycles. The number of carbonyl (C=O) groups is 2. The summed E-state index contributed by atoms with van der Waals surface area (Å²) in [4.78, 5) is 24.0. The topological polar surface area (TPSA) is 75.6 Å². The molecule has 1 heterocycles. The van der Waals surface area contributed by atoms with Crippen LogP contribution in [0.5, 0.6) is 0 Å². The maximum absolute atomic E-state index is 12.3. The van der Waals surface area contributed by atoms with E-state index >= 15 is 0 Å². The number of aryl methyl sites for hydroxylation is 1. The average molecular weight is 446 g/mol. The Balaban J connectivity index is 0.000000366. The van der Waals surface area contributed by atoms with E-state index in [1.165, 1.54) is 24.2 Å². The first-order valence-electron chi connectivity index (χ1n) is 11.3. The number of amides is 1. The van der Waals surface area contributed by atoms with Gasteiger partial charge in [-0.15, -0.1) is 11.3 Å². The van der Waals surface area contributed by atoms with E-state index in [1.807, 2.05) is 24.4 Å². The van der Waals surface area contributed by atoms with Gasteiger partial charge in [0.1, 0.15) is 5.00 Å². The molecule has 0 atom stereocenters. The highest BCUT2D eigenvalue weighted by Gasteiger charge is 2.27. The molecule has 1 saturated carbocycles. The van der Waals surface area contributed by atoms with E-state index in [2.05, 4.69) is 19.2 Å². The number of rotatable bonds is 9. The molecule has 0 aliphatic heterocycles. The van der Waals surface area contributed by atoms with Crippen LogP contribution in [0.3, 0.4) is 0 Å². The smallest absolute Gasteiger partial charge is 0.339 e. The fraction of sp³-hybridized carbons (Fsp3) is 0.520. The molecule has 0 radical (unpaired) electrons. The number of anilines is 1. The second-order valence-corrected chi connectivity index (χ2v) is 8.85. The van der Waals surface area contributed by atoms with Gasteiger partial charge in [0.2, 0.25) is 0 Å². The number of thiophene rings is 1. The number of aromatic carboxylic acids is 1. The highest BCUT2D eigenvalue weighted by molar-refractivity contribution is 7.15. The summed E-state index contributed by atoms with van der Waals surface area (Å²) in [6, 6.07) is 7.23. The number of hydrogen-bond donors (Lipinski definition) is 2. The van der Waals surface area contributed by atoms with Crippen LogP contribution in [-0.2, 0) is 4.74 Å². The van der Waals surface area contributed by atoms with Crippen LogP contribution >= 0.6 is 11.3 Å². The number of ether oxygens (including phenoxy) is 1. The van der Waals surface area contributed by atoms with E-state index in [0.29, 0.717) is 16.5 Å². The molecule has 0 spiro atoms. The summed E-state index contributed by atoms with van der Waals surface area (Å²) in [6.45, 7) is 8.14. The van der Waals surface area contributed by atoms with Gasteiger partial charge >= 0.3 is 5.97 Å². The van der Waals surface area contributed by atoms with Crippen LogP contribution in [0.4, 0.5) is 5.00 Å². The van der Waals surface area contributed by atoms with Crippen molar-refractivity contribution in [2.45, 2.75) is 71.6 Å². The molecule has 1 aliphatic rings. The van der Waals surface area contributed by atoms with Gasteiger partial charge in [0.25, 0.3) is 5.91 Å². The number of carbonyl (C=O) groups excluding carboxylic acids is 1. The summed E-state index contributed by atoms with van der Waals surface area (Å²) in [5.74, 6) is -0.929. The van der Waals surface area contributed by atoms with E-state index in [9.17, 15) is 14.7 Å². The Morgan fingerprint density at radius 3 is 2.35 bits per heavy atom. The van der Waals surface area contributed by atoms with Gasteiger partial charge in [0.15, 0.2) is 0 Å². The molecule has 31 heavy (non-hydrogen) atoms. The van der Waals surface area contributed by atoms with Crippen molar-refractivity contribution in [3.63, 3.8) is 0 Å². The fourth-order valence-corrected chi connectivity index (χ4v) is 4.62. The van der Waals surface area contributed by atoms with Crippen molar-refractivity contribution in [2.75, 3.05) is 18.5 Å². The van der Waals surface area contributed by atoms with Crippen molar-refractivity contribution in [3.8, 4) is 0 Å². The van der Waals surface area contributed by atoms with Crippen LogP contribution in [0.2, 0.25) is 0 Å². The van der Waals surface area contributed by atoms with Crippen LogP contribution in [0, 0.1) is 6.92 Å². The predicted molar refractivity (Wildman–Crippen MR) is 128 cm³/mol. The van der Waals surface area contributed by atoms with Crippen LogP contribution in [-0.4, -0.2) is 30.2 Å². The van der Waals surface area contributed by atoms with Gasteiger partial charge in [-0.05, 0) is 61.6 Å². The van der Waals surface area contributed by atoms with Crippen LogP contribution < -0.4 is 5.32 Å². The van der Waals surface area contributed by atoms with Crippen molar-refractivity contribution < 1.29 is 19.4 Å². The molecule has 1 fully saturated rings. The molecular weight excluding hydrogens is 410 g/mol. The fourth-order valence-electron chi connectivity index (χ4n) is 3.59. The summed E-state index contributed by atoms with van der Waals surface area (Å²) < 4.78 is 5.22. The molecule has 3 rings (SSSR count). The molecule has 5 nitrogen and oxygen atoms in total. The van der Waals surface area contributed by atoms with E-state index in [0.717, 1.165) is 56.4 Å². The molecule has 170 valence electrons. The molecular formula is C25H35NO4S. The number of carboxylic acids is 1. The first kappa shape index (κ1) is 25.1. The quantitative estimate of drug-likeness (QED) is 0.413. The second kappa shape index (κ2) is 13.3. The predicted octanol–water partition coefficient (Wildman–Crippen LogP) is 6.88. The van der Waals surface area contributed by atoms with Crippen molar-refractivity contribution in [3.05, 3.63) is 51.9 Å². The van der Waals surface area contributed by atoms with Gasteiger partial charge in [-0.3, -0.25) is 4.79 Å². The standard InChI is InChI=1S/C18H19NO3S.C7H16O/c1-11-6-8-13(9-7-11)16(20)19-17-15(18(21)22)14(10-23-17)12-4-2-3-5-12;1-3-5-7-8-6-4-2/h6-10,12H,2-5H2,1H3,(H,19,20)(H,21,22);3-7H2,1-2H3. The van der Waals surface area contributed by atoms with Crippen LogP contribution in [0.1, 0.15) is 96.6 Å². The van der Waals surface area contributed by atoms with Crippen LogP contribution in [0.25, 0.3) is 0 Å². The summed E-state index contributed by atoms with van der Waals surface area (Å²) in [7, 11) is 0. The van der Waals surface area contributed by atoms with E-state index in [1.54, 1.807) is 12.1 Å². The monoisotopic (exact) mass is 445 g/mol. The third-order valence-electron chi connectivity index (χ3n) is 5.36. The third kappa shape index (κ3) is 7.78. The lowest BCUT2D eigenvalue weighted by atomic mass is 9.96. The largest absolute Gasteiger partial charge is 0.478 e. The minimum Gasteiger partial charge on any atom is -0.478 e. The lowest BCUT2D eigenvalue weighted by Crippen LogP contribution is -2.14. The molecule has 0 bridgehead atoms. The normalized spacial score (nSPS) is 13.5. The van der Waals surface area contributed by atoms with Gasteiger partial charge < -0.3 is 15.2 Å². The van der Waals surface area contributed by atoms with E-state index in [4.69, 9.17) is 4.74 Å². The van der Waals surface area contributed by atoms with Gasteiger partial charge in [-0.2, -0.15) is 0 Å². The zero-order chi connectivity index (χ0) is 22.6. The third-order valence-corrected chi connectivity index (χ3v) is 6.27. The summed E-state index contributed by atoms with van der Waals surface area (Å²) in [5, 5.41) is 14.7. The molecule has 6 heteroatoms. The van der Waals surface area contributed by atoms with E-state index in [-0.39, 0.29) is 11.5 Å². The zero-order valence-electron chi connectivity index (χ0n) is 18.9. The molecule has 1 aliphatic carbocycles. The first-order chi connectivity index (χ1) is 15.0. The van der Waals surface area contributed by atoms with Gasteiger partial charge in [-0.1, -0.05) is 50.8 Å². The number of carboxylic acid groups (broad SMARTS) is 1. The van der Waals surface area contributed by atoms with Crippen molar-refractivity contribution in [2.24, 2.45) is 0 Å². The van der Waals surface area contributed by atoms with Gasteiger partial charge in [0, 0.05) is 18.8 Å². The minimum atomic E-state index is -0.965. The Labute approximate surface area is 189 Å². The Morgan fingerprint density at radius 1 is 1.10 bits per heavy atom. The zero-order valence-corrected chi connectivity index (χ0v) is 19.7. The molecule has 2 N–H and O–H groups in total. The Hall–Kier alpha value is -2.18. The lowest BCUT2D eigenvalue weighted by molar-refractivity contribution is 0.0697. The lowest BCUT2D eigenvalue weighted by Gasteiger charge is -2.10. The van der Waals surface area contributed by atoms with Gasteiger partial charge in [-0.25, -0.2) is 4.79 Å². The van der Waals surface area contributed by atoms with E-state index < -0.39 is 5.97 Å². The SMILES string of the molecule is CCCCOCCC.Cc1ccc(C(=O)Nc2scc(C3CCCC3)c2C(=O)O)cc1. The van der Waals surface area contributed by atoms with Gasteiger partial charge in [0.05, 0.1) is 5.56 Å². The van der Waals surface area contributed by atoms with Crippen molar-refractivity contribution >= 4 is 28.2 Å². The molecule has 0 unspecified atom stereocenters. The Bertz CT molecular complexity index is 817. The number of unbranched alkanes of at least 4 members (excludes halogenated alkanes) is 1. The van der Waals surface area contributed by atoms with Crippen molar-refractivity contribution in [1.82, 2.24) is 0 Å². The molecule has 1 aromatic carbocycles. The summed E-state index contributed by atoms with van der Waals surface area (Å²) >= 11 is 1.30. The highest BCUT2D eigenvalue weighted by Crippen LogP contribution is 2.41. The highest BCUT2D eigenvalue weighted by atomic mass is 32.1.